The van der Waals surface area contributed by atoms with Crippen molar-refractivity contribution < 1.29 is 9.47 Å². The van der Waals surface area contributed by atoms with Crippen molar-refractivity contribution in [2.24, 2.45) is 0 Å². The highest BCUT2D eigenvalue weighted by atomic mass is 16.5. The number of allylic oxidation sites excluding steroid dienone is 22. The molecule has 2 heteroatoms. The van der Waals surface area contributed by atoms with Crippen LogP contribution in [-0.2, 0) is 9.47 Å². The van der Waals surface area contributed by atoms with Crippen molar-refractivity contribution in [3.8, 4) is 0 Å². The second kappa shape index (κ2) is 23.2. The third-order valence-electron chi connectivity index (χ3n) is 7.10. The van der Waals surface area contributed by atoms with Crippen LogP contribution >= 0.6 is 0 Å². The maximum atomic E-state index is 5.46. The molecule has 0 unspecified atom stereocenters. The average molecular weight is 599 g/mol. The molecule has 2 nitrogen and oxygen atoms in total. The Bertz CT molecular complexity index is 1210. The predicted octanol–water partition coefficient (Wildman–Crippen LogP) is 12.4. The molecule has 0 bridgehead atoms. The van der Waals surface area contributed by atoms with E-state index >= 15 is 0 Å². The number of ether oxygens (including phenoxy) is 2. The highest BCUT2D eigenvalue weighted by molar-refractivity contribution is 5.31. The Morgan fingerprint density at radius 3 is 1.27 bits per heavy atom. The van der Waals surface area contributed by atoms with Crippen LogP contribution in [0.5, 0.6) is 0 Å². The van der Waals surface area contributed by atoms with Crippen molar-refractivity contribution >= 4 is 0 Å². The minimum Gasteiger partial charge on any atom is -0.378 e. The van der Waals surface area contributed by atoms with E-state index in [-0.39, 0.29) is 11.2 Å². The molecule has 0 radical (unpaired) electrons. The van der Waals surface area contributed by atoms with E-state index < -0.39 is 0 Å². The van der Waals surface area contributed by atoms with Gasteiger partial charge in [0.15, 0.2) is 0 Å². The Morgan fingerprint density at radius 1 is 0.477 bits per heavy atom. The summed E-state index contributed by atoms with van der Waals surface area (Å²) in [6, 6.07) is 0. The van der Waals surface area contributed by atoms with Crippen molar-refractivity contribution in [1.82, 2.24) is 0 Å². The molecule has 0 heterocycles. The smallest absolute Gasteiger partial charge is 0.0657 e. The van der Waals surface area contributed by atoms with E-state index in [9.17, 15) is 0 Å². The van der Waals surface area contributed by atoms with Crippen LogP contribution in [0.4, 0.5) is 0 Å². The molecule has 0 saturated carbocycles. The molecule has 0 saturated heterocycles. The third-order valence-corrected chi connectivity index (χ3v) is 7.10. The summed E-state index contributed by atoms with van der Waals surface area (Å²) in [5.74, 6) is 0. The number of methoxy groups -OCH3 is 2. The van der Waals surface area contributed by atoms with Crippen LogP contribution in [0.3, 0.4) is 0 Å². The van der Waals surface area contributed by atoms with Gasteiger partial charge in [-0.05, 0) is 94.9 Å². The fourth-order valence-corrected chi connectivity index (χ4v) is 3.61. The van der Waals surface area contributed by atoms with Crippen molar-refractivity contribution in [2.45, 2.75) is 106 Å². The molecule has 0 rings (SSSR count). The monoisotopic (exact) mass is 598 g/mol. The first-order valence-corrected chi connectivity index (χ1v) is 15.9. The lowest BCUT2D eigenvalue weighted by Crippen LogP contribution is -2.20. The fraction of sp³-hybridized carbons (Fsp3) is 0.429. The van der Waals surface area contributed by atoms with Gasteiger partial charge in [-0.15, -0.1) is 0 Å². The van der Waals surface area contributed by atoms with Crippen molar-refractivity contribution in [3.63, 3.8) is 0 Å². The van der Waals surface area contributed by atoms with Crippen LogP contribution in [0, 0.1) is 0 Å². The molecule has 0 aromatic heterocycles. The van der Waals surface area contributed by atoms with E-state index in [0.717, 1.165) is 25.7 Å². The second-order valence-electron chi connectivity index (χ2n) is 12.7. The SMILES string of the molecule is COC(C)(C)C/C=C/C(C)=C/C=C/C(C)=C/C=C/C(C)=C/C=C\C=C(/C)CC/C=C(C)/C=C/C=C(C)/C=C/CC(C)(C)OC. The van der Waals surface area contributed by atoms with Gasteiger partial charge in [0.25, 0.3) is 0 Å². The lowest BCUT2D eigenvalue weighted by atomic mass is 10.0. The third kappa shape index (κ3) is 24.3. The van der Waals surface area contributed by atoms with Crippen LogP contribution in [-0.4, -0.2) is 25.4 Å². The minimum atomic E-state index is -0.121. The summed E-state index contributed by atoms with van der Waals surface area (Å²) in [5, 5.41) is 0. The van der Waals surface area contributed by atoms with E-state index in [0.29, 0.717) is 0 Å². The Hall–Kier alpha value is -3.20. The average Bonchev–Trinajstić information content (AvgIpc) is 2.95. The maximum absolute atomic E-state index is 5.46. The van der Waals surface area contributed by atoms with Crippen molar-refractivity contribution in [1.29, 1.82) is 0 Å². The zero-order valence-electron chi connectivity index (χ0n) is 30.0. The van der Waals surface area contributed by atoms with Gasteiger partial charge < -0.3 is 9.47 Å². The van der Waals surface area contributed by atoms with E-state index in [2.05, 4.69) is 179 Å². The van der Waals surface area contributed by atoms with Crippen LogP contribution < -0.4 is 0 Å². The summed E-state index contributed by atoms with van der Waals surface area (Å²) in [7, 11) is 3.51. The Balaban J connectivity index is 4.67. The zero-order valence-corrected chi connectivity index (χ0v) is 30.0. The topological polar surface area (TPSA) is 18.5 Å². The van der Waals surface area contributed by atoms with Gasteiger partial charge in [0, 0.05) is 14.2 Å². The van der Waals surface area contributed by atoms with Gasteiger partial charge >= 0.3 is 0 Å². The van der Waals surface area contributed by atoms with Gasteiger partial charge in [0.2, 0.25) is 0 Å². The first-order chi connectivity index (χ1) is 20.7. The Morgan fingerprint density at radius 2 is 0.841 bits per heavy atom. The van der Waals surface area contributed by atoms with Crippen LogP contribution in [0.1, 0.15) is 94.9 Å². The summed E-state index contributed by atoms with van der Waals surface area (Å²) in [6.45, 7) is 21.2. The van der Waals surface area contributed by atoms with Crippen LogP contribution in [0.2, 0.25) is 0 Å². The number of hydrogen-bond acceptors (Lipinski definition) is 2. The number of hydrogen-bond donors (Lipinski definition) is 0. The predicted molar refractivity (Wildman–Crippen MR) is 198 cm³/mol. The summed E-state index contributed by atoms with van der Waals surface area (Å²) in [4.78, 5) is 0. The lowest BCUT2D eigenvalue weighted by molar-refractivity contribution is 0.0252. The minimum absolute atomic E-state index is 0.116. The highest BCUT2D eigenvalue weighted by Gasteiger charge is 2.13. The van der Waals surface area contributed by atoms with Gasteiger partial charge in [0.05, 0.1) is 11.2 Å². The fourth-order valence-electron chi connectivity index (χ4n) is 3.61. The molecule has 0 spiro atoms. The molecule has 0 aliphatic heterocycles. The molecular weight excluding hydrogens is 536 g/mol. The van der Waals surface area contributed by atoms with Crippen LogP contribution in [0.15, 0.2) is 143 Å². The summed E-state index contributed by atoms with van der Waals surface area (Å²) in [6.07, 6.45) is 42.6. The molecule has 0 aromatic carbocycles. The molecule has 0 N–H and O–H groups in total. The largest absolute Gasteiger partial charge is 0.378 e. The highest BCUT2D eigenvalue weighted by Crippen LogP contribution is 2.15. The van der Waals surface area contributed by atoms with E-state index in [1.165, 1.54) is 33.4 Å². The lowest BCUT2D eigenvalue weighted by Gasteiger charge is -2.20. The quantitative estimate of drug-likeness (QED) is 0.138. The normalized spacial score (nSPS) is 16.1. The van der Waals surface area contributed by atoms with Gasteiger partial charge in [-0.1, -0.05) is 143 Å². The molecular formula is C42H62O2. The van der Waals surface area contributed by atoms with E-state index in [4.69, 9.17) is 9.47 Å². The molecule has 0 aromatic rings. The summed E-state index contributed by atoms with van der Waals surface area (Å²) in [5.41, 5.74) is 7.29. The Labute approximate surface area is 272 Å². The zero-order chi connectivity index (χ0) is 33.4. The standard InChI is InChI=1S/C42H62O2/c1-35(23-15-25-37(3)27-17-29-39(5)31-19-33-41(7,8)43-11)21-13-14-22-36(2)24-16-26-38(4)28-18-30-40(6)32-20-34-42(9,10)44-12/h13-15,17-23,25-32H,16,24,33-34H2,1-12H3/b14-13-,23-15+,27-17+,28-18+,31-19+,32-20+,35-21+,36-22+,37-25+,38-26+,39-29+,40-30+. The van der Waals surface area contributed by atoms with E-state index in [1.54, 1.807) is 14.2 Å². The van der Waals surface area contributed by atoms with Gasteiger partial charge in [-0.25, -0.2) is 0 Å². The number of rotatable bonds is 19. The molecule has 0 amide bonds. The molecule has 0 fully saturated rings. The van der Waals surface area contributed by atoms with E-state index in [1.807, 2.05) is 0 Å². The summed E-state index contributed by atoms with van der Waals surface area (Å²) < 4.78 is 10.9. The molecule has 44 heavy (non-hydrogen) atoms. The summed E-state index contributed by atoms with van der Waals surface area (Å²) >= 11 is 0. The van der Waals surface area contributed by atoms with Gasteiger partial charge in [-0.2, -0.15) is 0 Å². The second-order valence-corrected chi connectivity index (χ2v) is 12.7. The van der Waals surface area contributed by atoms with Crippen LogP contribution in [0.25, 0.3) is 0 Å². The first-order valence-electron chi connectivity index (χ1n) is 15.9. The van der Waals surface area contributed by atoms with Gasteiger partial charge in [0.1, 0.15) is 0 Å². The molecule has 242 valence electrons. The van der Waals surface area contributed by atoms with Crippen molar-refractivity contribution in [2.75, 3.05) is 14.2 Å². The Kier molecular flexibility index (Phi) is 21.5. The van der Waals surface area contributed by atoms with Gasteiger partial charge in [-0.3, -0.25) is 0 Å². The molecule has 0 atom stereocenters. The molecule has 0 aliphatic carbocycles. The first kappa shape index (κ1) is 40.8. The molecule has 0 aliphatic rings. The maximum Gasteiger partial charge on any atom is 0.0657 e. The van der Waals surface area contributed by atoms with Crippen molar-refractivity contribution in [3.05, 3.63) is 143 Å².